The van der Waals surface area contributed by atoms with Crippen molar-refractivity contribution in [2.24, 2.45) is 0 Å². The Morgan fingerprint density at radius 1 is 1.00 bits per heavy atom. The van der Waals surface area contributed by atoms with Crippen LogP contribution in [0.4, 0.5) is 5.69 Å². The minimum atomic E-state index is -3.76. The molecule has 0 fully saturated rings. The van der Waals surface area contributed by atoms with E-state index in [1.54, 1.807) is 30.3 Å². The minimum absolute atomic E-state index is 0.132. The number of anilines is 1. The van der Waals surface area contributed by atoms with E-state index >= 15 is 0 Å². The number of sulfonamides is 1. The van der Waals surface area contributed by atoms with Gasteiger partial charge in [-0.3, -0.25) is 4.79 Å². The lowest BCUT2D eigenvalue weighted by atomic mass is 10.1. The average molecular weight is 376 g/mol. The molecule has 2 N–H and O–H groups in total. The van der Waals surface area contributed by atoms with Gasteiger partial charge in [0.2, 0.25) is 15.9 Å². The van der Waals surface area contributed by atoms with Crippen molar-refractivity contribution in [1.82, 2.24) is 4.72 Å². The first-order valence-electron chi connectivity index (χ1n) is 8.11. The van der Waals surface area contributed by atoms with Crippen molar-refractivity contribution in [3.8, 4) is 11.5 Å². The molecule has 8 heteroatoms. The molecule has 138 valence electrons. The summed E-state index contributed by atoms with van der Waals surface area (Å²) in [5, 5.41) is 2.64. The van der Waals surface area contributed by atoms with E-state index in [0.717, 1.165) is 11.1 Å². The van der Waals surface area contributed by atoms with Gasteiger partial charge in [0.25, 0.3) is 0 Å². The van der Waals surface area contributed by atoms with E-state index in [-0.39, 0.29) is 11.4 Å². The molecule has 2 aromatic carbocycles. The predicted molar refractivity (Wildman–Crippen MR) is 97.2 cm³/mol. The van der Waals surface area contributed by atoms with Crippen LogP contribution in [-0.4, -0.2) is 34.1 Å². The van der Waals surface area contributed by atoms with Crippen LogP contribution in [0.2, 0.25) is 0 Å². The highest BCUT2D eigenvalue weighted by Crippen LogP contribution is 2.32. The molecule has 0 unspecified atom stereocenters. The number of carbonyl (C=O) groups excluding carboxylic acids is 1. The summed E-state index contributed by atoms with van der Waals surface area (Å²) in [6.45, 7) is 4.30. The lowest BCUT2D eigenvalue weighted by Crippen LogP contribution is -2.33. The van der Waals surface area contributed by atoms with E-state index in [9.17, 15) is 13.2 Å². The smallest absolute Gasteiger partial charge is 0.241 e. The summed E-state index contributed by atoms with van der Waals surface area (Å²) in [6, 6.07) is 9.84. The standard InChI is InChI=1S/C18H20N2O5S/c1-12-3-5-15(9-13(12)2)26(22,23)19-11-18(21)20-14-4-6-16-17(10-14)25-8-7-24-16/h3-6,9-10,19H,7-8,11H2,1-2H3,(H,20,21). The van der Waals surface area contributed by atoms with Crippen LogP contribution in [0.3, 0.4) is 0 Å². The van der Waals surface area contributed by atoms with Crippen molar-refractivity contribution in [3.05, 3.63) is 47.5 Å². The van der Waals surface area contributed by atoms with Gasteiger partial charge < -0.3 is 14.8 Å². The average Bonchev–Trinajstić information content (AvgIpc) is 2.62. The Hall–Kier alpha value is -2.58. The zero-order valence-corrected chi connectivity index (χ0v) is 15.4. The van der Waals surface area contributed by atoms with Crippen LogP contribution in [0, 0.1) is 13.8 Å². The van der Waals surface area contributed by atoms with Gasteiger partial charge in [-0.1, -0.05) is 6.07 Å². The third kappa shape index (κ3) is 4.14. The number of ether oxygens (including phenoxy) is 2. The molecule has 3 rings (SSSR count). The predicted octanol–water partition coefficient (Wildman–Crippen LogP) is 1.99. The molecule has 7 nitrogen and oxygen atoms in total. The van der Waals surface area contributed by atoms with Crippen molar-refractivity contribution < 1.29 is 22.7 Å². The molecule has 0 atom stereocenters. The minimum Gasteiger partial charge on any atom is -0.486 e. The van der Waals surface area contributed by atoms with Gasteiger partial charge in [0.05, 0.1) is 11.4 Å². The molecular weight excluding hydrogens is 356 g/mol. The Morgan fingerprint density at radius 3 is 2.46 bits per heavy atom. The molecule has 26 heavy (non-hydrogen) atoms. The lowest BCUT2D eigenvalue weighted by molar-refractivity contribution is -0.115. The van der Waals surface area contributed by atoms with Crippen LogP contribution in [-0.2, 0) is 14.8 Å². The Labute approximate surface area is 152 Å². The summed E-state index contributed by atoms with van der Waals surface area (Å²) in [5.74, 6) is 0.684. The molecule has 2 aromatic rings. The van der Waals surface area contributed by atoms with Crippen LogP contribution in [0.5, 0.6) is 11.5 Å². The second kappa shape index (κ2) is 7.35. The fourth-order valence-electron chi connectivity index (χ4n) is 2.45. The van der Waals surface area contributed by atoms with Crippen molar-refractivity contribution in [1.29, 1.82) is 0 Å². The molecular formula is C18H20N2O5S. The molecule has 1 heterocycles. The van der Waals surface area contributed by atoms with Crippen molar-refractivity contribution >= 4 is 21.6 Å². The fraction of sp³-hybridized carbons (Fsp3) is 0.278. The van der Waals surface area contributed by atoms with Gasteiger partial charge in [0, 0.05) is 11.8 Å². The zero-order chi connectivity index (χ0) is 18.7. The Balaban J connectivity index is 1.62. The molecule has 1 aliphatic heterocycles. The maximum absolute atomic E-state index is 12.3. The summed E-state index contributed by atoms with van der Waals surface area (Å²) in [7, 11) is -3.76. The van der Waals surface area contributed by atoms with Gasteiger partial charge in [-0.2, -0.15) is 0 Å². The molecule has 1 aliphatic rings. The third-order valence-corrected chi connectivity index (χ3v) is 5.44. The van der Waals surface area contributed by atoms with Gasteiger partial charge in [-0.25, -0.2) is 13.1 Å². The van der Waals surface area contributed by atoms with E-state index in [1.807, 2.05) is 13.8 Å². The Kier molecular flexibility index (Phi) is 5.15. The SMILES string of the molecule is Cc1ccc(S(=O)(=O)NCC(=O)Nc2ccc3c(c2)OCCO3)cc1C. The van der Waals surface area contributed by atoms with Gasteiger partial charge in [0.1, 0.15) is 13.2 Å². The van der Waals surface area contributed by atoms with Crippen LogP contribution in [0.1, 0.15) is 11.1 Å². The largest absolute Gasteiger partial charge is 0.486 e. The van der Waals surface area contributed by atoms with Gasteiger partial charge in [-0.05, 0) is 49.2 Å². The summed E-state index contributed by atoms with van der Waals surface area (Å²) >= 11 is 0. The summed E-state index contributed by atoms with van der Waals surface area (Å²) in [5.41, 5.74) is 2.37. The van der Waals surface area contributed by atoms with Crippen molar-refractivity contribution in [3.63, 3.8) is 0 Å². The van der Waals surface area contributed by atoms with Crippen molar-refractivity contribution in [2.45, 2.75) is 18.7 Å². The van der Waals surface area contributed by atoms with E-state index in [4.69, 9.17) is 9.47 Å². The molecule has 0 spiro atoms. The molecule has 0 aromatic heterocycles. The maximum Gasteiger partial charge on any atom is 0.241 e. The first-order chi connectivity index (χ1) is 12.3. The zero-order valence-electron chi connectivity index (χ0n) is 14.5. The number of carbonyl (C=O) groups is 1. The normalized spacial score (nSPS) is 13.3. The highest BCUT2D eigenvalue weighted by Gasteiger charge is 2.17. The molecule has 0 saturated heterocycles. The molecule has 0 saturated carbocycles. The topological polar surface area (TPSA) is 93.7 Å². The number of rotatable bonds is 5. The van der Waals surface area contributed by atoms with Gasteiger partial charge in [0.15, 0.2) is 11.5 Å². The summed E-state index contributed by atoms with van der Waals surface area (Å²) in [4.78, 5) is 12.2. The summed E-state index contributed by atoms with van der Waals surface area (Å²) in [6.07, 6.45) is 0. The van der Waals surface area contributed by atoms with E-state index in [2.05, 4.69) is 10.0 Å². The molecule has 0 aliphatic carbocycles. The lowest BCUT2D eigenvalue weighted by Gasteiger charge is -2.19. The van der Waals surface area contributed by atoms with Crippen LogP contribution in [0.25, 0.3) is 0 Å². The Morgan fingerprint density at radius 2 is 1.73 bits per heavy atom. The highest BCUT2D eigenvalue weighted by atomic mass is 32.2. The van der Waals surface area contributed by atoms with E-state index < -0.39 is 15.9 Å². The fourth-order valence-corrected chi connectivity index (χ4v) is 3.52. The van der Waals surface area contributed by atoms with Gasteiger partial charge in [-0.15, -0.1) is 0 Å². The second-order valence-electron chi connectivity index (χ2n) is 5.98. The van der Waals surface area contributed by atoms with Crippen LogP contribution < -0.4 is 19.5 Å². The Bertz CT molecular complexity index is 941. The number of benzene rings is 2. The number of nitrogens with one attached hydrogen (secondary N) is 2. The van der Waals surface area contributed by atoms with Crippen LogP contribution >= 0.6 is 0 Å². The first-order valence-corrected chi connectivity index (χ1v) is 9.60. The van der Waals surface area contributed by atoms with Gasteiger partial charge >= 0.3 is 0 Å². The highest BCUT2D eigenvalue weighted by molar-refractivity contribution is 7.89. The van der Waals surface area contributed by atoms with Crippen molar-refractivity contribution in [2.75, 3.05) is 25.1 Å². The quantitative estimate of drug-likeness (QED) is 0.832. The number of amides is 1. The number of hydrogen-bond donors (Lipinski definition) is 2. The third-order valence-electron chi connectivity index (χ3n) is 4.04. The van der Waals surface area contributed by atoms with E-state index in [0.29, 0.717) is 30.4 Å². The second-order valence-corrected chi connectivity index (χ2v) is 7.74. The first kappa shape index (κ1) is 18.2. The molecule has 1 amide bonds. The molecule has 0 bridgehead atoms. The molecule has 0 radical (unpaired) electrons. The number of aryl methyl sites for hydroxylation is 2. The maximum atomic E-state index is 12.3. The van der Waals surface area contributed by atoms with Crippen LogP contribution in [0.15, 0.2) is 41.3 Å². The van der Waals surface area contributed by atoms with E-state index in [1.165, 1.54) is 6.07 Å². The number of fused-ring (bicyclic) bond motifs is 1. The number of hydrogen-bond acceptors (Lipinski definition) is 5. The summed E-state index contributed by atoms with van der Waals surface area (Å²) < 4.78 is 37.8. The monoisotopic (exact) mass is 376 g/mol.